The molecule has 13 heteroatoms. The number of carbonyl (C=O) groups excluding carboxylic acids is 3. The molecular weight excluding hydrogens is 488 g/mol. The van der Waals surface area contributed by atoms with Gasteiger partial charge >= 0.3 is 6.09 Å². The predicted molar refractivity (Wildman–Crippen MR) is 124 cm³/mol. The number of ether oxygens (including phenoxy) is 1. The summed E-state index contributed by atoms with van der Waals surface area (Å²) in [7, 11) is -3.79. The van der Waals surface area contributed by atoms with E-state index in [9.17, 15) is 22.8 Å². The molecule has 178 valence electrons. The molecule has 33 heavy (non-hydrogen) atoms. The molecular formula is C20H24N4O6S3. The lowest BCUT2D eigenvalue weighted by atomic mass is 10.0. The molecule has 2 aliphatic rings. The number of hydrogen-bond donors (Lipinski definition) is 2. The summed E-state index contributed by atoms with van der Waals surface area (Å²) in [6, 6.07) is 2.28. The van der Waals surface area contributed by atoms with Gasteiger partial charge in [-0.3, -0.25) is 9.59 Å². The first-order valence-electron chi connectivity index (χ1n) is 10.5. The van der Waals surface area contributed by atoms with Gasteiger partial charge in [-0.25, -0.2) is 13.2 Å². The van der Waals surface area contributed by atoms with Crippen LogP contribution in [0.5, 0.6) is 0 Å². The molecule has 0 aromatic carbocycles. The van der Waals surface area contributed by atoms with Crippen LogP contribution < -0.4 is 11.1 Å². The SMILES string of the molecule is CCOC(=O)N1CCc2c(sc(NC(=O)C3CCCN3S(=O)(=O)c3cccs3)c2C(N)=O)C1. The van der Waals surface area contributed by atoms with Gasteiger partial charge in [0, 0.05) is 18.0 Å². The summed E-state index contributed by atoms with van der Waals surface area (Å²) in [6.45, 7) is 2.84. The summed E-state index contributed by atoms with van der Waals surface area (Å²) in [5.41, 5.74) is 6.55. The van der Waals surface area contributed by atoms with Crippen LogP contribution in [0, 0.1) is 0 Å². The molecule has 2 aromatic heterocycles. The maximum atomic E-state index is 13.1. The number of anilines is 1. The Morgan fingerprint density at radius 2 is 2.09 bits per heavy atom. The standard InChI is InChI=1S/C20H24N4O6S3/c1-2-30-20(27)23-9-7-12-14(11-23)32-19(16(12)17(21)25)22-18(26)13-5-3-8-24(13)33(28,29)15-6-4-10-31-15/h4,6,10,13H,2-3,5,7-9,11H2,1H3,(H2,21,25)(H,22,26). The number of carbonyl (C=O) groups is 3. The van der Waals surface area contributed by atoms with Crippen LogP contribution in [0.25, 0.3) is 0 Å². The number of nitrogens with one attached hydrogen (secondary N) is 1. The number of primary amides is 1. The minimum Gasteiger partial charge on any atom is -0.450 e. The third kappa shape index (κ3) is 4.50. The maximum absolute atomic E-state index is 13.1. The number of sulfonamides is 1. The van der Waals surface area contributed by atoms with Gasteiger partial charge < -0.3 is 20.7 Å². The quantitative estimate of drug-likeness (QED) is 0.608. The second kappa shape index (κ2) is 9.41. The highest BCUT2D eigenvalue weighted by Gasteiger charge is 2.40. The van der Waals surface area contributed by atoms with E-state index in [1.54, 1.807) is 18.4 Å². The summed E-state index contributed by atoms with van der Waals surface area (Å²) >= 11 is 2.28. The number of fused-ring (bicyclic) bond motifs is 1. The van der Waals surface area contributed by atoms with Crippen LogP contribution in [-0.4, -0.2) is 61.3 Å². The molecule has 4 rings (SSSR count). The van der Waals surface area contributed by atoms with Crippen molar-refractivity contribution in [3.05, 3.63) is 33.5 Å². The zero-order valence-corrected chi connectivity index (χ0v) is 20.4. The molecule has 1 atom stereocenters. The van der Waals surface area contributed by atoms with E-state index in [0.717, 1.165) is 16.2 Å². The van der Waals surface area contributed by atoms with Gasteiger partial charge in [-0.1, -0.05) is 6.07 Å². The van der Waals surface area contributed by atoms with Crippen molar-refractivity contribution in [2.24, 2.45) is 5.73 Å². The van der Waals surface area contributed by atoms with E-state index in [1.165, 1.54) is 26.6 Å². The molecule has 4 heterocycles. The van der Waals surface area contributed by atoms with Crippen LogP contribution in [0.2, 0.25) is 0 Å². The Morgan fingerprint density at radius 1 is 1.30 bits per heavy atom. The highest BCUT2D eigenvalue weighted by Crippen LogP contribution is 2.38. The fourth-order valence-electron chi connectivity index (χ4n) is 4.13. The molecule has 0 saturated carbocycles. The molecule has 10 nitrogen and oxygen atoms in total. The minimum absolute atomic E-state index is 0.186. The predicted octanol–water partition coefficient (Wildman–Crippen LogP) is 2.21. The van der Waals surface area contributed by atoms with Gasteiger partial charge in [0.25, 0.3) is 15.9 Å². The van der Waals surface area contributed by atoms with Crippen LogP contribution in [-0.2, 0) is 32.5 Å². The third-order valence-corrected chi connectivity index (χ3v) is 10.0. The summed E-state index contributed by atoms with van der Waals surface area (Å²) in [5, 5.41) is 4.70. The number of rotatable bonds is 6. The average Bonchev–Trinajstić information content (AvgIpc) is 3.52. The van der Waals surface area contributed by atoms with Crippen molar-refractivity contribution in [1.29, 1.82) is 0 Å². The van der Waals surface area contributed by atoms with Gasteiger partial charge in [0.15, 0.2) is 0 Å². The van der Waals surface area contributed by atoms with Crippen molar-refractivity contribution in [3.63, 3.8) is 0 Å². The average molecular weight is 513 g/mol. The zero-order valence-electron chi connectivity index (χ0n) is 17.9. The van der Waals surface area contributed by atoms with Crippen molar-refractivity contribution >= 4 is 55.6 Å². The van der Waals surface area contributed by atoms with Gasteiger partial charge in [-0.15, -0.1) is 22.7 Å². The smallest absolute Gasteiger partial charge is 0.410 e. The Bertz CT molecular complexity index is 1170. The first kappa shape index (κ1) is 23.7. The normalized spacial score (nSPS) is 18.7. The molecule has 0 aliphatic carbocycles. The summed E-state index contributed by atoms with van der Waals surface area (Å²) in [5.74, 6) is -1.18. The first-order chi connectivity index (χ1) is 15.7. The van der Waals surface area contributed by atoms with Crippen molar-refractivity contribution in [2.45, 2.75) is 43.0 Å². The molecule has 0 spiro atoms. The number of thiophene rings is 2. The fraction of sp³-hybridized carbons (Fsp3) is 0.450. The molecule has 2 aliphatic heterocycles. The first-order valence-corrected chi connectivity index (χ1v) is 13.6. The zero-order chi connectivity index (χ0) is 23.8. The van der Waals surface area contributed by atoms with Gasteiger partial charge in [0.05, 0.1) is 18.7 Å². The van der Waals surface area contributed by atoms with Gasteiger partial charge in [-0.2, -0.15) is 4.31 Å². The molecule has 1 unspecified atom stereocenters. The Hall–Kier alpha value is -2.48. The summed E-state index contributed by atoms with van der Waals surface area (Å²) < 4.78 is 32.4. The minimum atomic E-state index is -3.79. The van der Waals surface area contributed by atoms with E-state index in [2.05, 4.69) is 5.32 Å². The lowest BCUT2D eigenvalue weighted by Gasteiger charge is -2.26. The fourth-order valence-corrected chi connectivity index (χ4v) is 8.18. The third-order valence-electron chi connectivity index (χ3n) is 5.63. The van der Waals surface area contributed by atoms with Gasteiger partial charge in [0.2, 0.25) is 5.91 Å². The van der Waals surface area contributed by atoms with Crippen LogP contribution in [0.1, 0.15) is 40.6 Å². The molecule has 0 radical (unpaired) electrons. The van der Waals surface area contributed by atoms with Crippen molar-refractivity contribution < 1.29 is 27.5 Å². The van der Waals surface area contributed by atoms with Gasteiger partial charge in [-0.05, 0) is 43.2 Å². The van der Waals surface area contributed by atoms with Crippen LogP contribution in [0.3, 0.4) is 0 Å². The van der Waals surface area contributed by atoms with E-state index in [4.69, 9.17) is 10.5 Å². The second-order valence-electron chi connectivity index (χ2n) is 7.64. The molecule has 3 amide bonds. The van der Waals surface area contributed by atoms with Crippen molar-refractivity contribution in [2.75, 3.05) is 25.0 Å². The number of hydrogen-bond acceptors (Lipinski definition) is 8. The van der Waals surface area contributed by atoms with Crippen LogP contribution in [0.15, 0.2) is 21.7 Å². The molecule has 3 N–H and O–H groups in total. The summed E-state index contributed by atoms with van der Waals surface area (Å²) in [6.07, 6.45) is 0.898. The molecule has 2 aromatic rings. The van der Waals surface area contributed by atoms with Crippen molar-refractivity contribution in [3.8, 4) is 0 Å². The summed E-state index contributed by atoms with van der Waals surface area (Å²) in [4.78, 5) is 39.7. The Morgan fingerprint density at radius 3 is 2.76 bits per heavy atom. The largest absolute Gasteiger partial charge is 0.450 e. The second-order valence-corrected chi connectivity index (χ2v) is 11.8. The van der Waals surface area contributed by atoms with E-state index in [1.807, 2.05) is 0 Å². The monoisotopic (exact) mass is 512 g/mol. The lowest BCUT2D eigenvalue weighted by Crippen LogP contribution is -2.43. The molecule has 1 fully saturated rings. The van der Waals surface area contributed by atoms with Gasteiger partial charge in [0.1, 0.15) is 15.3 Å². The van der Waals surface area contributed by atoms with E-state index >= 15 is 0 Å². The molecule has 0 bridgehead atoms. The Kier molecular flexibility index (Phi) is 6.75. The topological polar surface area (TPSA) is 139 Å². The number of amides is 3. The van der Waals surface area contributed by atoms with Crippen LogP contribution >= 0.6 is 22.7 Å². The van der Waals surface area contributed by atoms with E-state index in [-0.39, 0.29) is 34.5 Å². The molecule has 1 saturated heterocycles. The lowest BCUT2D eigenvalue weighted by molar-refractivity contribution is -0.119. The highest BCUT2D eigenvalue weighted by molar-refractivity contribution is 7.91. The maximum Gasteiger partial charge on any atom is 0.410 e. The number of nitrogens with two attached hydrogens (primary N) is 1. The van der Waals surface area contributed by atoms with Crippen LogP contribution in [0.4, 0.5) is 9.80 Å². The Balaban J connectivity index is 1.57. The highest BCUT2D eigenvalue weighted by atomic mass is 32.2. The van der Waals surface area contributed by atoms with E-state index < -0.39 is 34.0 Å². The van der Waals surface area contributed by atoms with E-state index in [0.29, 0.717) is 31.4 Å². The number of nitrogens with zero attached hydrogens (tertiary/aromatic N) is 2. The Labute approximate surface area is 199 Å². The van der Waals surface area contributed by atoms with Crippen molar-refractivity contribution in [1.82, 2.24) is 9.21 Å².